The minimum absolute atomic E-state index is 0.112. The predicted octanol–water partition coefficient (Wildman–Crippen LogP) is 2.85. The summed E-state index contributed by atoms with van der Waals surface area (Å²) >= 11 is 1.59. The van der Waals surface area contributed by atoms with E-state index in [1.165, 1.54) is 0 Å². The number of benzene rings is 2. The summed E-state index contributed by atoms with van der Waals surface area (Å²) in [5.74, 6) is 0.682. The van der Waals surface area contributed by atoms with Crippen LogP contribution in [0.3, 0.4) is 0 Å². The summed E-state index contributed by atoms with van der Waals surface area (Å²) in [5, 5.41) is -0.281. The second-order valence-electron chi connectivity index (χ2n) is 7.64. The van der Waals surface area contributed by atoms with Crippen molar-refractivity contribution in [3.8, 4) is 0 Å². The first-order valence-corrected chi connectivity index (χ1v) is 12.7. The second kappa shape index (κ2) is 8.90. The van der Waals surface area contributed by atoms with Gasteiger partial charge in [0.05, 0.1) is 11.5 Å². The van der Waals surface area contributed by atoms with E-state index in [0.29, 0.717) is 25.3 Å². The minimum Gasteiger partial charge on any atom is -0.339 e. The van der Waals surface area contributed by atoms with E-state index in [2.05, 4.69) is 4.90 Å². The highest BCUT2D eigenvalue weighted by Gasteiger charge is 2.35. The van der Waals surface area contributed by atoms with Gasteiger partial charge in [-0.15, -0.1) is 11.8 Å². The molecule has 0 saturated carbocycles. The Bertz CT molecular complexity index is 927. The summed E-state index contributed by atoms with van der Waals surface area (Å²) in [5.41, 5.74) is 1.01. The minimum atomic E-state index is -2.88. The van der Waals surface area contributed by atoms with Crippen LogP contribution >= 0.6 is 11.8 Å². The number of amides is 1. The molecule has 2 atom stereocenters. The molecule has 2 fully saturated rings. The van der Waals surface area contributed by atoms with Crippen LogP contribution < -0.4 is 0 Å². The molecule has 2 aromatic carbocycles. The van der Waals surface area contributed by atoms with Crippen LogP contribution in [0.15, 0.2) is 65.6 Å². The van der Waals surface area contributed by atoms with Gasteiger partial charge in [0.25, 0.3) is 0 Å². The fourth-order valence-electron chi connectivity index (χ4n) is 4.06. The summed E-state index contributed by atoms with van der Waals surface area (Å²) < 4.78 is 23.6. The highest BCUT2D eigenvalue weighted by molar-refractivity contribution is 8.00. The van der Waals surface area contributed by atoms with Crippen molar-refractivity contribution >= 4 is 27.5 Å². The molecule has 0 radical (unpaired) electrons. The largest absolute Gasteiger partial charge is 0.339 e. The molecule has 4 rings (SSSR count). The van der Waals surface area contributed by atoms with Crippen LogP contribution in [0.25, 0.3) is 0 Å². The highest BCUT2D eigenvalue weighted by Crippen LogP contribution is 2.37. The molecular formula is C22H26N2O3S2. The van der Waals surface area contributed by atoms with Crippen molar-refractivity contribution in [1.82, 2.24) is 9.80 Å². The fourth-order valence-corrected chi connectivity index (χ4v) is 6.95. The first kappa shape index (κ1) is 20.4. The van der Waals surface area contributed by atoms with Crippen LogP contribution in [0.2, 0.25) is 0 Å². The maximum Gasteiger partial charge on any atom is 0.240 e. The molecule has 0 N–H and O–H groups in total. The van der Waals surface area contributed by atoms with Gasteiger partial charge < -0.3 is 4.90 Å². The average Bonchev–Trinajstić information content (AvgIpc) is 3.13. The van der Waals surface area contributed by atoms with E-state index in [4.69, 9.17) is 0 Å². The molecule has 0 bridgehead atoms. The van der Waals surface area contributed by atoms with Crippen molar-refractivity contribution in [2.75, 3.05) is 37.7 Å². The van der Waals surface area contributed by atoms with Crippen molar-refractivity contribution in [3.05, 3.63) is 66.2 Å². The van der Waals surface area contributed by atoms with Gasteiger partial charge in [-0.2, -0.15) is 0 Å². The molecular weight excluding hydrogens is 404 g/mol. The molecule has 2 aliphatic rings. The second-order valence-corrected chi connectivity index (χ2v) is 11.0. The van der Waals surface area contributed by atoms with Gasteiger partial charge in [-0.3, -0.25) is 9.69 Å². The zero-order valence-corrected chi connectivity index (χ0v) is 17.9. The first-order chi connectivity index (χ1) is 14.0. The number of nitrogens with zero attached hydrogens (tertiary/aromatic N) is 2. The number of rotatable bonds is 5. The van der Waals surface area contributed by atoms with Crippen LogP contribution in [0.1, 0.15) is 17.2 Å². The third kappa shape index (κ3) is 5.02. The van der Waals surface area contributed by atoms with Crippen LogP contribution in [0.5, 0.6) is 0 Å². The van der Waals surface area contributed by atoms with E-state index in [1.807, 2.05) is 65.6 Å². The molecule has 2 heterocycles. The van der Waals surface area contributed by atoms with Gasteiger partial charge >= 0.3 is 0 Å². The van der Waals surface area contributed by atoms with Crippen molar-refractivity contribution < 1.29 is 13.2 Å². The van der Waals surface area contributed by atoms with Gasteiger partial charge in [0.2, 0.25) is 5.91 Å². The normalized spacial score (nSPS) is 23.0. The van der Waals surface area contributed by atoms with Crippen molar-refractivity contribution in [3.63, 3.8) is 0 Å². The number of piperazine rings is 1. The topological polar surface area (TPSA) is 57.7 Å². The Labute approximate surface area is 177 Å². The van der Waals surface area contributed by atoms with Crippen LogP contribution in [-0.2, 0) is 14.6 Å². The Morgan fingerprint density at radius 3 is 2.14 bits per heavy atom. The Morgan fingerprint density at radius 1 is 0.931 bits per heavy atom. The number of sulfone groups is 1. The molecule has 0 spiro atoms. The zero-order chi connectivity index (χ0) is 20.3. The summed E-state index contributed by atoms with van der Waals surface area (Å²) in [4.78, 5) is 18.7. The average molecular weight is 431 g/mol. The molecule has 0 aliphatic carbocycles. The van der Waals surface area contributed by atoms with Gasteiger partial charge in [0.1, 0.15) is 5.25 Å². The van der Waals surface area contributed by atoms with Crippen LogP contribution in [-0.4, -0.2) is 67.9 Å². The van der Waals surface area contributed by atoms with Gasteiger partial charge in [-0.05, 0) is 24.1 Å². The van der Waals surface area contributed by atoms with Gasteiger partial charge in [0.15, 0.2) is 9.84 Å². The van der Waals surface area contributed by atoms with Gasteiger partial charge in [0, 0.05) is 37.1 Å². The van der Waals surface area contributed by atoms with Gasteiger partial charge in [-0.1, -0.05) is 48.5 Å². The van der Waals surface area contributed by atoms with Gasteiger partial charge in [-0.25, -0.2) is 8.42 Å². The zero-order valence-electron chi connectivity index (χ0n) is 16.3. The van der Waals surface area contributed by atoms with Crippen molar-refractivity contribution in [1.29, 1.82) is 0 Å². The Balaban J connectivity index is 1.44. The SMILES string of the molecule is O=C(C(Sc1ccccc1)c1ccccc1)N1CCN(C2CCS(=O)(=O)C2)CC1. The number of carbonyl (C=O) groups excluding carboxylic acids is 1. The number of hydrogen-bond acceptors (Lipinski definition) is 5. The van der Waals surface area contributed by atoms with Crippen molar-refractivity contribution in [2.45, 2.75) is 22.6 Å². The maximum atomic E-state index is 13.4. The molecule has 1 amide bonds. The first-order valence-electron chi connectivity index (χ1n) is 10.0. The quantitative estimate of drug-likeness (QED) is 0.683. The van der Waals surface area contributed by atoms with E-state index in [-0.39, 0.29) is 23.0 Å². The lowest BCUT2D eigenvalue weighted by molar-refractivity contribution is -0.132. The lowest BCUT2D eigenvalue weighted by atomic mass is 10.1. The number of hydrogen-bond donors (Lipinski definition) is 0. The summed E-state index contributed by atoms with van der Waals surface area (Å²) in [7, 11) is -2.88. The molecule has 0 aromatic heterocycles. The summed E-state index contributed by atoms with van der Waals surface area (Å²) in [6.07, 6.45) is 0.715. The summed E-state index contributed by atoms with van der Waals surface area (Å²) in [6.45, 7) is 2.77. The molecule has 2 aromatic rings. The lowest BCUT2D eigenvalue weighted by Crippen LogP contribution is -2.53. The molecule has 2 saturated heterocycles. The van der Waals surface area contributed by atoms with E-state index in [0.717, 1.165) is 23.5 Å². The Morgan fingerprint density at radius 2 is 1.55 bits per heavy atom. The Kier molecular flexibility index (Phi) is 6.27. The van der Waals surface area contributed by atoms with E-state index in [9.17, 15) is 13.2 Å². The van der Waals surface area contributed by atoms with E-state index >= 15 is 0 Å². The smallest absolute Gasteiger partial charge is 0.240 e. The number of thioether (sulfide) groups is 1. The maximum absolute atomic E-state index is 13.4. The standard InChI is InChI=1S/C22H26N2O3S2/c25-22(24-14-12-23(13-15-24)19-11-16-29(26,27)17-19)21(18-7-3-1-4-8-18)28-20-9-5-2-6-10-20/h1-10,19,21H,11-17H2. The molecule has 2 aliphatic heterocycles. The number of carbonyl (C=O) groups is 1. The molecule has 2 unspecified atom stereocenters. The highest BCUT2D eigenvalue weighted by atomic mass is 32.2. The molecule has 29 heavy (non-hydrogen) atoms. The predicted molar refractivity (Wildman–Crippen MR) is 117 cm³/mol. The fraction of sp³-hybridized carbons (Fsp3) is 0.409. The van der Waals surface area contributed by atoms with E-state index in [1.54, 1.807) is 11.8 Å². The third-order valence-electron chi connectivity index (χ3n) is 5.67. The third-order valence-corrected chi connectivity index (χ3v) is 8.68. The lowest BCUT2D eigenvalue weighted by Gasteiger charge is -2.38. The Hall–Kier alpha value is -1.83. The monoisotopic (exact) mass is 430 g/mol. The molecule has 7 heteroatoms. The van der Waals surface area contributed by atoms with E-state index < -0.39 is 9.84 Å². The molecule has 5 nitrogen and oxygen atoms in total. The summed E-state index contributed by atoms with van der Waals surface area (Å²) in [6, 6.07) is 20.1. The van der Waals surface area contributed by atoms with Crippen LogP contribution in [0, 0.1) is 0 Å². The molecule has 154 valence electrons. The van der Waals surface area contributed by atoms with Crippen molar-refractivity contribution in [2.24, 2.45) is 0 Å². The van der Waals surface area contributed by atoms with Crippen LogP contribution in [0.4, 0.5) is 0 Å².